The molecule has 0 amide bonds. The van der Waals surface area contributed by atoms with Gasteiger partial charge in [0.05, 0.1) is 0 Å². The molecule has 1 fully saturated rings. The van der Waals surface area contributed by atoms with Gasteiger partial charge < -0.3 is 10.2 Å². The van der Waals surface area contributed by atoms with Crippen molar-refractivity contribution in [1.29, 1.82) is 0 Å². The number of nitrogens with two attached hydrogens (primary N) is 1. The molecule has 1 saturated carbocycles. The number of hydrogen-bond donors (Lipinski definition) is 1. The van der Waals surface area contributed by atoms with Gasteiger partial charge in [0, 0.05) is 12.5 Å². The number of rotatable bonds is 3. The minimum Gasteiger partial charge on any atom is -0.441 e. The summed E-state index contributed by atoms with van der Waals surface area (Å²) < 4.78 is 5.63. The molecule has 1 aliphatic rings. The molecule has 3 heteroatoms. The Bertz CT molecular complexity index is 526. The Balaban J connectivity index is 1.90. The molecule has 1 aliphatic carbocycles. The third-order valence-electron chi connectivity index (χ3n) is 3.39. The lowest BCUT2D eigenvalue weighted by atomic mass is 10.0. The van der Waals surface area contributed by atoms with Crippen molar-refractivity contribution in [1.82, 2.24) is 4.98 Å². The molecule has 0 radical (unpaired) electrons. The second kappa shape index (κ2) is 3.32. The van der Waals surface area contributed by atoms with Gasteiger partial charge in [-0.1, -0.05) is 12.1 Å². The Morgan fingerprint density at radius 2 is 2.25 bits per heavy atom. The van der Waals surface area contributed by atoms with E-state index in [9.17, 15) is 0 Å². The van der Waals surface area contributed by atoms with E-state index in [-0.39, 0.29) is 5.54 Å². The molecule has 1 aromatic heterocycles. The minimum atomic E-state index is 0.108. The molecule has 0 atom stereocenters. The predicted molar refractivity (Wildman–Crippen MR) is 63.2 cm³/mol. The first-order valence-corrected chi connectivity index (χ1v) is 5.80. The van der Waals surface area contributed by atoms with Crippen LogP contribution in [-0.4, -0.2) is 10.5 Å². The molecule has 0 unspecified atom stereocenters. The van der Waals surface area contributed by atoms with Crippen LogP contribution in [0, 0.1) is 6.92 Å². The molecule has 0 spiro atoms. The van der Waals surface area contributed by atoms with Gasteiger partial charge in [-0.15, -0.1) is 0 Å². The van der Waals surface area contributed by atoms with Crippen LogP contribution in [-0.2, 0) is 6.42 Å². The Hall–Kier alpha value is -1.35. The number of nitrogens with zero attached hydrogens (tertiary/aromatic N) is 1. The zero-order valence-electron chi connectivity index (χ0n) is 9.49. The van der Waals surface area contributed by atoms with Crippen molar-refractivity contribution in [3.8, 4) is 0 Å². The van der Waals surface area contributed by atoms with Gasteiger partial charge in [-0.3, -0.25) is 0 Å². The SMILES string of the molecule is Cc1nc2cccc(CCC3(N)CC3)c2o1. The maximum Gasteiger partial charge on any atom is 0.192 e. The van der Waals surface area contributed by atoms with E-state index in [4.69, 9.17) is 10.2 Å². The summed E-state index contributed by atoms with van der Waals surface area (Å²) in [7, 11) is 0. The highest BCUT2D eigenvalue weighted by Crippen LogP contribution is 2.37. The van der Waals surface area contributed by atoms with Crippen molar-refractivity contribution in [3.63, 3.8) is 0 Å². The summed E-state index contributed by atoms with van der Waals surface area (Å²) in [5.74, 6) is 0.733. The lowest BCUT2D eigenvalue weighted by Gasteiger charge is -2.07. The minimum absolute atomic E-state index is 0.108. The van der Waals surface area contributed by atoms with Crippen LogP contribution in [0.4, 0.5) is 0 Å². The predicted octanol–water partition coefficient (Wildman–Crippen LogP) is 2.56. The van der Waals surface area contributed by atoms with Gasteiger partial charge in [0.15, 0.2) is 11.5 Å². The summed E-state index contributed by atoms with van der Waals surface area (Å²) in [6.45, 7) is 1.88. The number of para-hydroxylation sites is 1. The van der Waals surface area contributed by atoms with Crippen molar-refractivity contribution in [2.75, 3.05) is 0 Å². The fourth-order valence-electron chi connectivity index (χ4n) is 2.11. The summed E-state index contributed by atoms with van der Waals surface area (Å²) in [6.07, 6.45) is 4.37. The van der Waals surface area contributed by atoms with E-state index in [0.29, 0.717) is 0 Å². The first kappa shape index (κ1) is 9.85. The molecule has 0 saturated heterocycles. The Kier molecular flexibility index (Phi) is 2.04. The van der Waals surface area contributed by atoms with Gasteiger partial charge in [0.2, 0.25) is 0 Å². The van der Waals surface area contributed by atoms with Crippen molar-refractivity contribution in [2.24, 2.45) is 5.73 Å². The Morgan fingerprint density at radius 1 is 1.44 bits per heavy atom. The molecule has 3 rings (SSSR count). The number of fused-ring (bicyclic) bond motifs is 1. The van der Waals surface area contributed by atoms with Gasteiger partial charge in [-0.05, 0) is 37.3 Å². The van der Waals surface area contributed by atoms with Crippen molar-refractivity contribution >= 4 is 11.1 Å². The van der Waals surface area contributed by atoms with Crippen LogP contribution in [0.15, 0.2) is 22.6 Å². The Labute approximate surface area is 94.7 Å². The van der Waals surface area contributed by atoms with E-state index >= 15 is 0 Å². The Morgan fingerprint density at radius 3 is 3.00 bits per heavy atom. The lowest BCUT2D eigenvalue weighted by Crippen LogP contribution is -2.22. The summed E-state index contributed by atoms with van der Waals surface area (Å²) in [4.78, 5) is 4.34. The average molecular weight is 216 g/mol. The molecular weight excluding hydrogens is 200 g/mol. The van der Waals surface area contributed by atoms with Gasteiger partial charge in [-0.25, -0.2) is 4.98 Å². The van der Waals surface area contributed by atoms with Crippen LogP contribution in [0.2, 0.25) is 0 Å². The van der Waals surface area contributed by atoms with Crippen LogP contribution in [0.5, 0.6) is 0 Å². The molecule has 2 aromatic rings. The van der Waals surface area contributed by atoms with E-state index in [1.165, 1.54) is 18.4 Å². The van der Waals surface area contributed by atoms with Crippen LogP contribution >= 0.6 is 0 Å². The van der Waals surface area contributed by atoms with Gasteiger partial charge in [0.1, 0.15) is 5.52 Å². The number of oxazole rings is 1. The molecule has 2 N–H and O–H groups in total. The van der Waals surface area contributed by atoms with Gasteiger partial charge >= 0.3 is 0 Å². The third-order valence-corrected chi connectivity index (χ3v) is 3.39. The first-order chi connectivity index (χ1) is 7.66. The monoisotopic (exact) mass is 216 g/mol. The number of benzene rings is 1. The summed E-state index contributed by atoms with van der Waals surface area (Å²) >= 11 is 0. The quantitative estimate of drug-likeness (QED) is 0.857. The standard InChI is InChI=1S/C13H16N2O/c1-9-15-11-4-2-3-10(12(11)16-9)5-6-13(14)7-8-13/h2-4H,5-8,14H2,1H3. The van der Waals surface area contributed by atoms with E-state index in [1.54, 1.807) is 0 Å². The average Bonchev–Trinajstić information content (AvgIpc) is 2.86. The van der Waals surface area contributed by atoms with Crippen molar-refractivity contribution in [3.05, 3.63) is 29.7 Å². The molecule has 1 aromatic carbocycles. The van der Waals surface area contributed by atoms with Crippen LogP contribution in [0.3, 0.4) is 0 Å². The molecule has 84 valence electrons. The maximum absolute atomic E-state index is 6.10. The number of aryl methyl sites for hydroxylation is 2. The zero-order chi connectivity index (χ0) is 11.2. The van der Waals surface area contributed by atoms with E-state index in [2.05, 4.69) is 11.1 Å². The number of hydrogen-bond acceptors (Lipinski definition) is 3. The highest BCUT2D eigenvalue weighted by molar-refractivity contribution is 5.76. The molecule has 1 heterocycles. The van der Waals surface area contributed by atoms with Gasteiger partial charge in [0.25, 0.3) is 0 Å². The fourth-order valence-corrected chi connectivity index (χ4v) is 2.11. The molecule has 3 nitrogen and oxygen atoms in total. The smallest absolute Gasteiger partial charge is 0.192 e. The zero-order valence-corrected chi connectivity index (χ0v) is 9.49. The van der Waals surface area contributed by atoms with Crippen molar-refractivity contribution < 1.29 is 4.42 Å². The highest BCUT2D eigenvalue weighted by atomic mass is 16.3. The lowest BCUT2D eigenvalue weighted by molar-refractivity contribution is 0.552. The summed E-state index contributed by atoms with van der Waals surface area (Å²) in [6, 6.07) is 6.14. The van der Waals surface area contributed by atoms with Gasteiger partial charge in [-0.2, -0.15) is 0 Å². The third kappa shape index (κ3) is 1.71. The summed E-state index contributed by atoms with van der Waals surface area (Å²) in [5, 5.41) is 0. The van der Waals surface area contributed by atoms with E-state index in [0.717, 1.165) is 29.8 Å². The largest absolute Gasteiger partial charge is 0.441 e. The summed E-state index contributed by atoms with van der Waals surface area (Å²) in [5.41, 5.74) is 9.33. The maximum atomic E-state index is 6.10. The van der Waals surface area contributed by atoms with E-state index in [1.807, 2.05) is 19.1 Å². The molecular formula is C13H16N2O. The normalized spacial score (nSPS) is 17.9. The molecule has 0 aliphatic heterocycles. The topological polar surface area (TPSA) is 52.0 Å². The number of aromatic nitrogens is 1. The van der Waals surface area contributed by atoms with Crippen LogP contribution in [0.1, 0.15) is 30.7 Å². The second-order valence-corrected chi connectivity index (χ2v) is 4.86. The van der Waals surface area contributed by atoms with Crippen molar-refractivity contribution in [2.45, 2.75) is 38.1 Å². The molecule has 16 heavy (non-hydrogen) atoms. The van der Waals surface area contributed by atoms with E-state index < -0.39 is 0 Å². The first-order valence-electron chi connectivity index (χ1n) is 5.80. The highest BCUT2D eigenvalue weighted by Gasteiger charge is 2.37. The second-order valence-electron chi connectivity index (χ2n) is 4.86. The molecule has 0 bridgehead atoms. The van der Waals surface area contributed by atoms with Crippen LogP contribution < -0.4 is 5.73 Å². The fraction of sp³-hybridized carbons (Fsp3) is 0.462. The van der Waals surface area contributed by atoms with Crippen LogP contribution in [0.25, 0.3) is 11.1 Å².